The van der Waals surface area contributed by atoms with Crippen LogP contribution in [0.3, 0.4) is 0 Å². The van der Waals surface area contributed by atoms with Crippen LogP contribution in [0.1, 0.15) is 12.5 Å². The lowest BCUT2D eigenvalue weighted by molar-refractivity contribution is 0.322. The Morgan fingerprint density at radius 1 is 1.15 bits per heavy atom. The molecule has 0 bridgehead atoms. The van der Waals surface area contributed by atoms with E-state index in [-0.39, 0.29) is 17.3 Å². The van der Waals surface area contributed by atoms with Crippen LogP contribution >= 0.6 is 0 Å². The maximum absolute atomic E-state index is 13.6. The fraction of sp³-hybridized carbons (Fsp3) is 0.200. The van der Waals surface area contributed by atoms with Crippen LogP contribution in [0.4, 0.5) is 25.8 Å². The molecule has 0 saturated carbocycles. The molecule has 0 heterocycles. The molecule has 0 aliphatic rings. The second-order valence-electron chi connectivity index (χ2n) is 4.39. The number of nitrogens with one attached hydrogen (secondary N) is 1. The molecule has 0 unspecified atom stereocenters. The first kappa shape index (κ1) is 14.1. The van der Waals surface area contributed by atoms with E-state index in [1.165, 1.54) is 18.2 Å². The van der Waals surface area contributed by atoms with E-state index in [1.54, 1.807) is 26.0 Å². The first-order chi connectivity index (χ1) is 9.51. The molecule has 3 nitrogen and oxygen atoms in total. The molecule has 0 aliphatic heterocycles. The van der Waals surface area contributed by atoms with Crippen molar-refractivity contribution < 1.29 is 13.5 Å². The lowest BCUT2D eigenvalue weighted by atomic mass is 10.2. The molecule has 2 aromatic rings. The highest BCUT2D eigenvalue weighted by Gasteiger charge is 2.09. The number of nitrogens with two attached hydrogens (primary N) is 1. The molecule has 0 aromatic heterocycles. The minimum Gasteiger partial charge on any atom is -0.491 e. The lowest BCUT2D eigenvalue weighted by Crippen LogP contribution is -2.01. The number of halogens is 2. The van der Waals surface area contributed by atoms with Crippen LogP contribution in [-0.4, -0.2) is 6.61 Å². The number of hydrogen-bond donors (Lipinski definition) is 2. The van der Waals surface area contributed by atoms with Gasteiger partial charge in [0.15, 0.2) is 11.6 Å². The summed E-state index contributed by atoms with van der Waals surface area (Å²) in [5.74, 6) is -0.661. The molecule has 0 radical (unpaired) electrons. The standard InChI is InChI=1S/C15H16F2N2O/c1-3-20-15-8-14(13(18)7-12(15)17)19-10-4-5-11(16)9(2)6-10/h4-8,19H,3,18H2,1-2H3. The smallest absolute Gasteiger partial charge is 0.167 e. The van der Waals surface area contributed by atoms with Gasteiger partial charge in [-0.2, -0.15) is 0 Å². The lowest BCUT2D eigenvalue weighted by Gasteiger charge is -2.13. The van der Waals surface area contributed by atoms with Crippen LogP contribution in [0.5, 0.6) is 5.75 Å². The first-order valence-corrected chi connectivity index (χ1v) is 6.26. The van der Waals surface area contributed by atoms with Crippen molar-refractivity contribution in [3.8, 4) is 5.75 Å². The van der Waals surface area contributed by atoms with Gasteiger partial charge in [-0.3, -0.25) is 0 Å². The van der Waals surface area contributed by atoms with Crippen molar-refractivity contribution in [2.24, 2.45) is 0 Å². The average Bonchev–Trinajstić information content (AvgIpc) is 2.39. The van der Waals surface area contributed by atoms with E-state index in [0.29, 0.717) is 23.5 Å². The van der Waals surface area contributed by atoms with Crippen molar-refractivity contribution in [2.75, 3.05) is 17.7 Å². The molecular formula is C15H16F2N2O. The number of ether oxygens (including phenoxy) is 1. The summed E-state index contributed by atoms with van der Waals surface area (Å²) in [6.45, 7) is 3.79. The molecule has 3 N–H and O–H groups in total. The molecule has 0 aliphatic carbocycles. The minimum atomic E-state index is -0.509. The molecule has 0 amide bonds. The summed E-state index contributed by atoms with van der Waals surface area (Å²) in [6.07, 6.45) is 0. The molecule has 106 valence electrons. The van der Waals surface area contributed by atoms with E-state index in [0.717, 1.165) is 0 Å². The average molecular weight is 278 g/mol. The van der Waals surface area contributed by atoms with Crippen molar-refractivity contribution >= 4 is 17.1 Å². The van der Waals surface area contributed by atoms with Crippen LogP contribution in [0.2, 0.25) is 0 Å². The Morgan fingerprint density at radius 3 is 2.55 bits per heavy atom. The molecular weight excluding hydrogens is 262 g/mol. The summed E-state index contributed by atoms with van der Waals surface area (Å²) >= 11 is 0. The van der Waals surface area contributed by atoms with Crippen LogP contribution in [0, 0.1) is 18.6 Å². The van der Waals surface area contributed by atoms with Crippen molar-refractivity contribution in [1.82, 2.24) is 0 Å². The molecule has 5 heteroatoms. The second-order valence-corrected chi connectivity index (χ2v) is 4.39. The molecule has 2 aromatic carbocycles. The van der Waals surface area contributed by atoms with Gasteiger partial charge in [-0.25, -0.2) is 8.78 Å². The molecule has 20 heavy (non-hydrogen) atoms. The van der Waals surface area contributed by atoms with Crippen LogP contribution in [0.15, 0.2) is 30.3 Å². The van der Waals surface area contributed by atoms with Gasteiger partial charge in [0, 0.05) is 17.8 Å². The highest BCUT2D eigenvalue weighted by molar-refractivity contribution is 5.74. The van der Waals surface area contributed by atoms with Gasteiger partial charge in [0.1, 0.15) is 5.82 Å². The third kappa shape index (κ3) is 2.99. The van der Waals surface area contributed by atoms with E-state index in [4.69, 9.17) is 10.5 Å². The third-order valence-electron chi connectivity index (χ3n) is 2.84. The Hall–Kier alpha value is -2.30. The summed E-state index contributed by atoms with van der Waals surface area (Å²) in [6, 6.07) is 7.29. The quantitative estimate of drug-likeness (QED) is 0.831. The highest BCUT2D eigenvalue weighted by atomic mass is 19.1. The molecule has 0 spiro atoms. The van der Waals surface area contributed by atoms with Gasteiger partial charge in [-0.05, 0) is 37.6 Å². The number of benzene rings is 2. The maximum Gasteiger partial charge on any atom is 0.167 e. The molecule has 0 atom stereocenters. The summed E-state index contributed by atoms with van der Waals surface area (Å²) in [5.41, 5.74) is 7.73. The first-order valence-electron chi connectivity index (χ1n) is 6.26. The van der Waals surface area contributed by atoms with Crippen molar-refractivity contribution in [2.45, 2.75) is 13.8 Å². The van der Waals surface area contributed by atoms with Crippen LogP contribution in [-0.2, 0) is 0 Å². The number of rotatable bonds is 4. The zero-order valence-electron chi connectivity index (χ0n) is 11.3. The van der Waals surface area contributed by atoms with Crippen LogP contribution in [0.25, 0.3) is 0 Å². The zero-order chi connectivity index (χ0) is 14.7. The summed E-state index contributed by atoms with van der Waals surface area (Å²) in [4.78, 5) is 0. The van der Waals surface area contributed by atoms with Gasteiger partial charge in [0.05, 0.1) is 18.0 Å². The third-order valence-corrected chi connectivity index (χ3v) is 2.84. The molecule has 0 saturated heterocycles. The predicted octanol–water partition coefficient (Wildman–Crippen LogP) is 4.00. The topological polar surface area (TPSA) is 47.3 Å². The van der Waals surface area contributed by atoms with Gasteiger partial charge in [0.2, 0.25) is 0 Å². The summed E-state index contributed by atoms with van der Waals surface area (Å²) in [5, 5.41) is 3.03. The number of hydrogen-bond acceptors (Lipinski definition) is 3. The molecule has 2 rings (SSSR count). The normalized spacial score (nSPS) is 10.4. The van der Waals surface area contributed by atoms with Crippen LogP contribution < -0.4 is 15.8 Å². The van der Waals surface area contributed by atoms with Crippen molar-refractivity contribution in [3.05, 3.63) is 47.5 Å². The van der Waals surface area contributed by atoms with Gasteiger partial charge in [0.25, 0.3) is 0 Å². The van der Waals surface area contributed by atoms with Gasteiger partial charge in [-0.1, -0.05) is 0 Å². The Labute approximate surface area is 116 Å². The monoisotopic (exact) mass is 278 g/mol. The Balaban J connectivity index is 2.32. The highest BCUT2D eigenvalue weighted by Crippen LogP contribution is 2.31. The SMILES string of the molecule is CCOc1cc(Nc2ccc(F)c(C)c2)c(N)cc1F. The number of aryl methyl sites for hydroxylation is 1. The maximum atomic E-state index is 13.6. The van der Waals surface area contributed by atoms with Gasteiger partial charge in [-0.15, -0.1) is 0 Å². The van der Waals surface area contributed by atoms with E-state index in [2.05, 4.69) is 5.32 Å². The summed E-state index contributed by atoms with van der Waals surface area (Å²) in [7, 11) is 0. The molecule has 0 fully saturated rings. The summed E-state index contributed by atoms with van der Waals surface area (Å²) < 4.78 is 32.0. The minimum absolute atomic E-state index is 0.128. The number of anilines is 3. The fourth-order valence-corrected chi connectivity index (χ4v) is 1.82. The number of nitrogen functional groups attached to an aromatic ring is 1. The van der Waals surface area contributed by atoms with E-state index >= 15 is 0 Å². The van der Waals surface area contributed by atoms with Crippen molar-refractivity contribution in [3.63, 3.8) is 0 Å². The Morgan fingerprint density at radius 2 is 1.90 bits per heavy atom. The Kier molecular flexibility index (Phi) is 4.08. The van der Waals surface area contributed by atoms with E-state index in [9.17, 15) is 8.78 Å². The second kappa shape index (κ2) is 5.77. The van der Waals surface area contributed by atoms with E-state index < -0.39 is 5.82 Å². The largest absolute Gasteiger partial charge is 0.491 e. The van der Waals surface area contributed by atoms with Gasteiger partial charge >= 0.3 is 0 Å². The van der Waals surface area contributed by atoms with Gasteiger partial charge < -0.3 is 15.8 Å². The fourth-order valence-electron chi connectivity index (χ4n) is 1.82. The predicted molar refractivity (Wildman–Crippen MR) is 76.4 cm³/mol. The Bertz CT molecular complexity index is 630. The van der Waals surface area contributed by atoms with Crippen molar-refractivity contribution in [1.29, 1.82) is 0 Å². The zero-order valence-corrected chi connectivity index (χ0v) is 11.3. The van der Waals surface area contributed by atoms with E-state index in [1.807, 2.05) is 0 Å².